The maximum atomic E-state index is 12.6. The SMILES string of the molecule is CNC1CCCc2nc(-c3ccc(C(F)(F)F)cc3)sc21. The number of thiazole rings is 1. The molecule has 1 heterocycles. The minimum atomic E-state index is -4.29. The zero-order valence-corrected chi connectivity index (χ0v) is 12.3. The molecule has 0 radical (unpaired) electrons. The van der Waals surface area contributed by atoms with E-state index >= 15 is 0 Å². The number of aromatic nitrogens is 1. The van der Waals surface area contributed by atoms with Crippen molar-refractivity contribution in [1.82, 2.24) is 10.3 Å². The summed E-state index contributed by atoms with van der Waals surface area (Å²) in [6.45, 7) is 0. The molecule has 0 amide bonds. The minimum absolute atomic E-state index is 0.314. The van der Waals surface area contributed by atoms with E-state index in [0.717, 1.165) is 47.7 Å². The van der Waals surface area contributed by atoms with Crippen molar-refractivity contribution >= 4 is 11.3 Å². The Hall–Kier alpha value is -1.40. The number of hydrogen-bond donors (Lipinski definition) is 1. The summed E-state index contributed by atoms with van der Waals surface area (Å²) in [5.74, 6) is 0. The van der Waals surface area contributed by atoms with Crippen molar-refractivity contribution in [2.45, 2.75) is 31.5 Å². The van der Waals surface area contributed by atoms with E-state index in [4.69, 9.17) is 0 Å². The lowest BCUT2D eigenvalue weighted by Crippen LogP contribution is -2.19. The molecule has 2 aromatic rings. The molecule has 0 saturated carbocycles. The third-order valence-electron chi connectivity index (χ3n) is 3.76. The van der Waals surface area contributed by atoms with E-state index in [9.17, 15) is 13.2 Å². The fraction of sp³-hybridized carbons (Fsp3) is 0.400. The molecule has 1 aliphatic rings. The second-order valence-corrected chi connectivity index (χ2v) is 6.17. The van der Waals surface area contributed by atoms with Crippen LogP contribution < -0.4 is 5.32 Å². The molecule has 1 N–H and O–H groups in total. The molecule has 2 nitrogen and oxygen atoms in total. The fourth-order valence-corrected chi connectivity index (χ4v) is 3.88. The summed E-state index contributed by atoms with van der Waals surface area (Å²) in [5.41, 5.74) is 1.21. The molecule has 112 valence electrons. The number of hydrogen-bond acceptors (Lipinski definition) is 3. The zero-order chi connectivity index (χ0) is 15.0. The smallest absolute Gasteiger partial charge is 0.312 e. The van der Waals surface area contributed by atoms with Gasteiger partial charge in [-0.3, -0.25) is 0 Å². The van der Waals surface area contributed by atoms with Crippen LogP contribution in [0.1, 0.15) is 35.0 Å². The summed E-state index contributed by atoms with van der Waals surface area (Å²) in [5, 5.41) is 4.08. The molecule has 1 aromatic carbocycles. The number of aryl methyl sites for hydroxylation is 1. The maximum Gasteiger partial charge on any atom is 0.416 e. The van der Waals surface area contributed by atoms with Gasteiger partial charge in [-0.1, -0.05) is 12.1 Å². The second kappa shape index (κ2) is 5.42. The topological polar surface area (TPSA) is 24.9 Å². The predicted octanol–water partition coefficient (Wildman–Crippen LogP) is 4.43. The average Bonchev–Trinajstić information content (AvgIpc) is 2.90. The maximum absolute atomic E-state index is 12.6. The minimum Gasteiger partial charge on any atom is -0.312 e. The van der Waals surface area contributed by atoms with Gasteiger partial charge in [0.1, 0.15) is 5.01 Å². The number of nitrogens with zero attached hydrogens (tertiary/aromatic N) is 1. The van der Waals surface area contributed by atoms with E-state index < -0.39 is 11.7 Å². The number of nitrogens with one attached hydrogen (secondary N) is 1. The largest absolute Gasteiger partial charge is 0.416 e. The van der Waals surface area contributed by atoms with E-state index in [1.165, 1.54) is 17.0 Å². The number of halogens is 3. The third kappa shape index (κ3) is 2.82. The predicted molar refractivity (Wildman–Crippen MR) is 77.3 cm³/mol. The molecular weight excluding hydrogens is 297 g/mol. The summed E-state index contributed by atoms with van der Waals surface area (Å²) < 4.78 is 37.8. The van der Waals surface area contributed by atoms with Crippen LogP contribution in [0.25, 0.3) is 10.6 Å². The molecule has 0 aliphatic heterocycles. The Morgan fingerprint density at radius 2 is 1.95 bits per heavy atom. The van der Waals surface area contributed by atoms with Gasteiger partial charge in [0.25, 0.3) is 0 Å². The second-order valence-electron chi connectivity index (χ2n) is 5.14. The highest BCUT2D eigenvalue weighted by Gasteiger charge is 2.30. The molecule has 3 rings (SSSR count). The highest BCUT2D eigenvalue weighted by Crippen LogP contribution is 2.38. The Morgan fingerprint density at radius 1 is 1.24 bits per heavy atom. The van der Waals surface area contributed by atoms with Gasteiger partial charge in [0.2, 0.25) is 0 Å². The summed E-state index contributed by atoms with van der Waals surface area (Å²) in [6.07, 6.45) is -1.17. The molecule has 1 unspecified atom stereocenters. The van der Waals surface area contributed by atoms with Crippen molar-refractivity contribution in [2.24, 2.45) is 0 Å². The normalized spacial score (nSPS) is 18.6. The van der Waals surface area contributed by atoms with Gasteiger partial charge >= 0.3 is 6.18 Å². The third-order valence-corrected chi connectivity index (χ3v) is 5.02. The van der Waals surface area contributed by atoms with Gasteiger partial charge in [-0.05, 0) is 38.4 Å². The number of benzene rings is 1. The van der Waals surface area contributed by atoms with E-state index in [1.54, 1.807) is 11.3 Å². The first-order chi connectivity index (χ1) is 9.99. The van der Waals surface area contributed by atoms with Gasteiger partial charge in [0.05, 0.1) is 11.3 Å². The average molecular weight is 312 g/mol. The van der Waals surface area contributed by atoms with Crippen LogP contribution in [-0.4, -0.2) is 12.0 Å². The Balaban J connectivity index is 1.93. The zero-order valence-electron chi connectivity index (χ0n) is 11.5. The number of rotatable bonds is 2. The highest BCUT2D eigenvalue weighted by atomic mass is 32.1. The Bertz CT molecular complexity index is 631. The van der Waals surface area contributed by atoms with Gasteiger partial charge in [-0.25, -0.2) is 4.98 Å². The monoisotopic (exact) mass is 312 g/mol. The molecule has 0 bridgehead atoms. The van der Waals surface area contributed by atoms with Gasteiger partial charge in [0.15, 0.2) is 0 Å². The lowest BCUT2D eigenvalue weighted by molar-refractivity contribution is -0.137. The molecule has 1 aliphatic carbocycles. The van der Waals surface area contributed by atoms with Crippen LogP contribution in [0.3, 0.4) is 0 Å². The molecular formula is C15H15F3N2S. The lowest BCUT2D eigenvalue weighted by Gasteiger charge is -2.19. The van der Waals surface area contributed by atoms with Crippen molar-refractivity contribution in [3.63, 3.8) is 0 Å². The number of fused-ring (bicyclic) bond motifs is 1. The van der Waals surface area contributed by atoms with Crippen molar-refractivity contribution in [3.8, 4) is 10.6 Å². The first-order valence-corrected chi connectivity index (χ1v) is 7.65. The number of alkyl halides is 3. The fourth-order valence-electron chi connectivity index (χ4n) is 2.62. The lowest BCUT2D eigenvalue weighted by atomic mass is 9.98. The van der Waals surface area contributed by atoms with Crippen LogP contribution in [0.2, 0.25) is 0 Å². The summed E-state index contributed by atoms with van der Waals surface area (Å²) in [6, 6.07) is 5.55. The summed E-state index contributed by atoms with van der Waals surface area (Å²) in [7, 11) is 1.93. The van der Waals surface area contributed by atoms with Crippen molar-refractivity contribution in [2.75, 3.05) is 7.05 Å². The van der Waals surface area contributed by atoms with Crippen molar-refractivity contribution < 1.29 is 13.2 Å². The van der Waals surface area contributed by atoms with Crippen LogP contribution in [-0.2, 0) is 12.6 Å². The molecule has 0 spiro atoms. The quantitative estimate of drug-likeness (QED) is 0.887. The van der Waals surface area contributed by atoms with Gasteiger partial charge in [-0.2, -0.15) is 13.2 Å². The molecule has 0 saturated heterocycles. The molecule has 0 fully saturated rings. The Kier molecular flexibility index (Phi) is 3.75. The summed E-state index contributed by atoms with van der Waals surface area (Å²) >= 11 is 1.58. The molecule has 6 heteroatoms. The van der Waals surface area contributed by atoms with Gasteiger partial charge < -0.3 is 5.32 Å². The van der Waals surface area contributed by atoms with E-state index in [2.05, 4.69) is 10.3 Å². The highest BCUT2D eigenvalue weighted by molar-refractivity contribution is 7.15. The first-order valence-electron chi connectivity index (χ1n) is 6.83. The first kappa shape index (κ1) is 14.5. The molecule has 21 heavy (non-hydrogen) atoms. The van der Waals surface area contributed by atoms with E-state index in [0.29, 0.717) is 6.04 Å². The van der Waals surface area contributed by atoms with Crippen molar-refractivity contribution in [1.29, 1.82) is 0 Å². The van der Waals surface area contributed by atoms with Crippen LogP contribution in [0.5, 0.6) is 0 Å². The van der Waals surface area contributed by atoms with Crippen LogP contribution in [0.15, 0.2) is 24.3 Å². The molecule has 1 atom stereocenters. The van der Waals surface area contributed by atoms with Crippen LogP contribution >= 0.6 is 11.3 Å². The standard InChI is InChI=1S/C15H15F3N2S/c1-19-11-3-2-4-12-13(11)21-14(20-12)9-5-7-10(8-6-9)15(16,17)18/h5-8,11,19H,2-4H2,1H3. The van der Waals surface area contributed by atoms with Gasteiger partial charge in [0, 0.05) is 16.5 Å². The van der Waals surface area contributed by atoms with Gasteiger partial charge in [-0.15, -0.1) is 11.3 Å². The molecule has 1 aromatic heterocycles. The Morgan fingerprint density at radius 3 is 2.57 bits per heavy atom. The van der Waals surface area contributed by atoms with E-state index in [-0.39, 0.29) is 0 Å². The Labute approximate surface area is 125 Å². The van der Waals surface area contributed by atoms with Crippen molar-refractivity contribution in [3.05, 3.63) is 40.4 Å². The summed E-state index contributed by atoms with van der Waals surface area (Å²) in [4.78, 5) is 5.83. The van der Waals surface area contributed by atoms with E-state index in [1.807, 2.05) is 7.05 Å². The van der Waals surface area contributed by atoms with Crippen LogP contribution in [0.4, 0.5) is 13.2 Å². The van der Waals surface area contributed by atoms with Crippen LogP contribution in [0, 0.1) is 0 Å².